The normalized spacial score (nSPS) is 16.7. The molecule has 1 unspecified atom stereocenters. The first kappa shape index (κ1) is 20.5. The topological polar surface area (TPSA) is 97.2 Å². The fourth-order valence-electron chi connectivity index (χ4n) is 3.37. The summed E-state index contributed by atoms with van der Waals surface area (Å²) in [6, 6.07) is 15.7. The molecule has 1 fully saturated rings. The zero-order valence-corrected chi connectivity index (χ0v) is 17.6. The summed E-state index contributed by atoms with van der Waals surface area (Å²) < 4.78 is 28.8. The maximum Gasteiger partial charge on any atom is 0.241 e. The molecule has 2 heterocycles. The number of aromatic nitrogens is 3. The van der Waals surface area contributed by atoms with Gasteiger partial charge in [0.25, 0.3) is 0 Å². The van der Waals surface area contributed by atoms with Crippen LogP contribution in [-0.4, -0.2) is 53.9 Å². The molecule has 156 valence electrons. The number of hydrogen-bond donors (Lipinski definition) is 1. The Kier molecular flexibility index (Phi) is 5.85. The second-order valence-corrected chi connectivity index (χ2v) is 9.22. The highest BCUT2D eigenvalue weighted by molar-refractivity contribution is 7.89. The summed E-state index contributed by atoms with van der Waals surface area (Å²) in [6.45, 7) is 0.673. The van der Waals surface area contributed by atoms with Crippen LogP contribution in [0.15, 0.2) is 65.7 Å². The highest BCUT2D eigenvalue weighted by atomic mass is 35.5. The van der Waals surface area contributed by atoms with E-state index >= 15 is 0 Å². The number of rotatable bonds is 6. The largest absolute Gasteiger partial charge is 0.339 e. The Bertz CT molecular complexity index is 1150. The van der Waals surface area contributed by atoms with Crippen LogP contribution in [0.1, 0.15) is 12.5 Å². The van der Waals surface area contributed by atoms with Crippen molar-refractivity contribution >= 4 is 27.5 Å². The minimum Gasteiger partial charge on any atom is -0.339 e. The summed E-state index contributed by atoms with van der Waals surface area (Å²) in [7, 11) is -3.81. The third-order valence-electron chi connectivity index (χ3n) is 4.99. The summed E-state index contributed by atoms with van der Waals surface area (Å²) in [5.41, 5.74) is 1.75. The Labute approximate surface area is 179 Å². The Morgan fingerprint density at radius 1 is 1.17 bits per heavy atom. The molecule has 1 aromatic heterocycles. The summed E-state index contributed by atoms with van der Waals surface area (Å²) in [5.74, 6) is -0.286. The number of nitrogens with zero attached hydrogens (tertiary/aromatic N) is 4. The molecule has 1 saturated heterocycles. The average molecular weight is 446 g/mol. The van der Waals surface area contributed by atoms with Gasteiger partial charge in [0.2, 0.25) is 15.9 Å². The van der Waals surface area contributed by atoms with Crippen molar-refractivity contribution in [1.29, 1.82) is 0 Å². The van der Waals surface area contributed by atoms with Crippen molar-refractivity contribution in [1.82, 2.24) is 24.6 Å². The van der Waals surface area contributed by atoms with Crippen LogP contribution in [0.3, 0.4) is 0 Å². The maximum absolute atomic E-state index is 12.5. The number of nitrogens with one attached hydrogen (secondary N) is 1. The van der Waals surface area contributed by atoms with E-state index in [1.165, 1.54) is 12.1 Å². The van der Waals surface area contributed by atoms with Gasteiger partial charge in [-0.15, -0.1) is 5.10 Å². The standard InChI is InChI=1S/C20H20ClN5O3S/c21-16-7-4-8-18(11-16)30(28,29)22-12-20(27)25-10-9-17(13-25)26-14-19(23-24-26)15-5-2-1-3-6-15/h1-8,11,14,17,22H,9-10,12-13H2. The first-order valence-electron chi connectivity index (χ1n) is 9.43. The van der Waals surface area contributed by atoms with E-state index in [2.05, 4.69) is 15.0 Å². The molecule has 3 aromatic rings. The van der Waals surface area contributed by atoms with Gasteiger partial charge in [0.05, 0.1) is 23.7 Å². The van der Waals surface area contributed by atoms with E-state index in [0.29, 0.717) is 18.1 Å². The third kappa shape index (κ3) is 4.53. The van der Waals surface area contributed by atoms with Gasteiger partial charge in [-0.1, -0.05) is 53.2 Å². The molecular weight excluding hydrogens is 426 g/mol. The van der Waals surface area contributed by atoms with E-state index < -0.39 is 10.0 Å². The van der Waals surface area contributed by atoms with E-state index in [1.807, 2.05) is 36.5 Å². The molecule has 0 bridgehead atoms. The molecule has 0 aliphatic carbocycles. The quantitative estimate of drug-likeness (QED) is 0.628. The Morgan fingerprint density at radius 2 is 1.97 bits per heavy atom. The zero-order valence-electron chi connectivity index (χ0n) is 16.0. The van der Waals surface area contributed by atoms with Crippen molar-refractivity contribution < 1.29 is 13.2 Å². The lowest BCUT2D eigenvalue weighted by atomic mass is 10.2. The predicted octanol–water partition coefficient (Wildman–Crippen LogP) is 2.35. The van der Waals surface area contributed by atoms with E-state index in [0.717, 1.165) is 17.7 Å². The van der Waals surface area contributed by atoms with Gasteiger partial charge in [-0.2, -0.15) is 0 Å². The Balaban J connectivity index is 1.35. The van der Waals surface area contributed by atoms with Gasteiger partial charge in [-0.25, -0.2) is 17.8 Å². The van der Waals surface area contributed by atoms with E-state index in [-0.39, 0.29) is 23.4 Å². The molecule has 30 heavy (non-hydrogen) atoms. The zero-order chi connectivity index (χ0) is 21.1. The summed E-state index contributed by atoms with van der Waals surface area (Å²) in [5, 5.41) is 8.74. The number of hydrogen-bond acceptors (Lipinski definition) is 5. The van der Waals surface area contributed by atoms with Gasteiger partial charge >= 0.3 is 0 Å². The van der Waals surface area contributed by atoms with Crippen LogP contribution in [0.4, 0.5) is 0 Å². The maximum atomic E-state index is 12.5. The second-order valence-electron chi connectivity index (χ2n) is 7.01. The van der Waals surface area contributed by atoms with Gasteiger partial charge in [-0.05, 0) is 24.6 Å². The molecule has 8 nitrogen and oxygen atoms in total. The minimum absolute atomic E-state index is 0.00319. The van der Waals surface area contributed by atoms with Crippen LogP contribution in [-0.2, 0) is 14.8 Å². The van der Waals surface area contributed by atoms with Crippen molar-refractivity contribution in [2.24, 2.45) is 0 Å². The number of amides is 1. The highest BCUT2D eigenvalue weighted by Gasteiger charge is 2.29. The number of sulfonamides is 1. The molecule has 0 spiro atoms. The number of halogens is 1. The molecule has 1 amide bonds. The van der Waals surface area contributed by atoms with Crippen molar-refractivity contribution in [3.05, 3.63) is 65.8 Å². The van der Waals surface area contributed by atoms with Crippen molar-refractivity contribution in [2.45, 2.75) is 17.4 Å². The third-order valence-corrected chi connectivity index (χ3v) is 6.62. The first-order chi connectivity index (χ1) is 14.4. The minimum atomic E-state index is -3.81. The smallest absolute Gasteiger partial charge is 0.241 e. The number of carbonyl (C=O) groups is 1. The van der Waals surface area contributed by atoms with Gasteiger partial charge in [0, 0.05) is 23.7 Å². The molecule has 0 radical (unpaired) electrons. The van der Waals surface area contributed by atoms with Crippen LogP contribution in [0.2, 0.25) is 5.02 Å². The summed E-state index contributed by atoms with van der Waals surface area (Å²) in [6.07, 6.45) is 2.60. The molecule has 1 N–H and O–H groups in total. The monoisotopic (exact) mass is 445 g/mol. The van der Waals surface area contributed by atoms with Crippen molar-refractivity contribution in [2.75, 3.05) is 19.6 Å². The molecule has 4 rings (SSSR count). The van der Waals surface area contributed by atoms with E-state index in [1.54, 1.807) is 21.7 Å². The average Bonchev–Trinajstić information content (AvgIpc) is 3.42. The lowest BCUT2D eigenvalue weighted by Gasteiger charge is -2.17. The highest BCUT2D eigenvalue weighted by Crippen LogP contribution is 2.23. The fraction of sp³-hybridized carbons (Fsp3) is 0.250. The molecule has 0 saturated carbocycles. The second kappa shape index (κ2) is 8.55. The van der Waals surface area contributed by atoms with Crippen LogP contribution in [0, 0.1) is 0 Å². The number of benzene rings is 2. The predicted molar refractivity (Wildman–Crippen MR) is 112 cm³/mol. The molecule has 1 aliphatic rings. The van der Waals surface area contributed by atoms with Gasteiger partial charge < -0.3 is 4.90 Å². The van der Waals surface area contributed by atoms with E-state index in [4.69, 9.17) is 11.6 Å². The molecule has 2 aromatic carbocycles. The van der Waals surface area contributed by atoms with Crippen LogP contribution < -0.4 is 4.72 Å². The van der Waals surface area contributed by atoms with Crippen LogP contribution in [0.5, 0.6) is 0 Å². The molecule has 1 aliphatic heterocycles. The van der Waals surface area contributed by atoms with E-state index in [9.17, 15) is 13.2 Å². The number of likely N-dealkylation sites (tertiary alicyclic amines) is 1. The SMILES string of the molecule is O=C(CNS(=O)(=O)c1cccc(Cl)c1)N1CCC(n2cc(-c3ccccc3)nn2)C1. The molecule has 1 atom stereocenters. The van der Waals surface area contributed by atoms with Crippen molar-refractivity contribution in [3.8, 4) is 11.3 Å². The van der Waals surface area contributed by atoms with Gasteiger partial charge in [0.1, 0.15) is 5.69 Å². The number of carbonyl (C=O) groups excluding carboxylic acids is 1. The van der Waals surface area contributed by atoms with Crippen LogP contribution in [0.25, 0.3) is 11.3 Å². The summed E-state index contributed by atoms with van der Waals surface area (Å²) in [4.78, 5) is 14.2. The molecule has 10 heteroatoms. The fourth-order valence-corrected chi connectivity index (χ4v) is 4.64. The Hall–Kier alpha value is -2.75. The van der Waals surface area contributed by atoms with Crippen molar-refractivity contribution in [3.63, 3.8) is 0 Å². The first-order valence-corrected chi connectivity index (χ1v) is 11.3. The molecular formula is C20H20ClN5O3S. The summed E-state index contributed by atoms with van der Waals surface area (Å²) >= 11 is 5.85. The van der Waals surface area contributed by atoms with Crippen LogP contribution >= 0.6 is 11.6 Å². The van der Waals surface area contributed by atoms with Gasteiger partial charge in [0.15, 0.2) is 0 Å². The lowest BCUT2D eigenvalue weighted by molar-refractivity contribution is -0.129. The lowest BCUT2D eigenvalue weighted by Crippen LogP contribution is -2.39. The Morgan fingerprint density at radius 3 is 2.73 bits per heavy atom. The van der Waals surface area contributed by atoms with Gasteiger partial charge in [-0.3, -0.25) is 4.79 Å².